The Hall–Kier alpha value is -3.87. The van der Waals surface area contributed by atoms with Gasteiger partial charge in [-0.15, -0.1) is 0 Å². The van der Waals surface area contributed by atoms with Crippen LogP contribution in [0.4, 0.5) is 5.69 Å². The molecule has 1 amide bonds. The number of methoxy groups -OCH3 is 2. The Morgan fingerprint density at radius 2 is 1.84 bits per heavy atom. The van der Waals surface area contributed by atoms with E-state index in [2.05, 4.69) is 5.32 Å². The summed E-state index contributed by atoms with van der Waals surface area (Å²) in [6.07, 6.45) is -0.351. The molecule has 5 rings (SSSR count). The summed E-state index contributed by atoms with van der Waals surface area (Å²) in [5.74, 6) is 2.72. The number of ether oxygens (including phenoxy) is 4. The fraction of sp³-hybridized carbons (Fsp3) is 0.208. The Morgan fingerprint density at radius 1 is 1.00 bits per heavy atom. The molecule has 0 spiro atoms. The lowest BCUT2D eigenvalue weighted by molar-refractivity contribution is 0.0728. The second-order valence-electron chi connectivity index (χ2n) is 7.32. The number of hydrogen-bond donors (Lipinski definition) is 1. The summed E-state index contributed by atoms with van der Waals surface area (Å²) in [6.45, 7) is 0.634. The van der Waals surface area contributed by atoms with Gasteiger partial charge in [0, 0.05) is 23.7 Å². The number of rotatable bonds is 6. The number of nitrogens with one attached hydrogen (secondary N) is 1. The number of benzene rings is 3. The number of nitrogens with zero attached hydrogens (tertiary/aromatic N) is 1. The van der Waals surface area contributed by atoms with Gasteiger partial charge in [0.05, 0.1) is 19.9 Å². The van der Waals surface area contributed by atoms with Crippen LogP contribution in [0.2, 0.25) is 0 Å². The molecule has 7 heteroatoms. The minimum atomic E-state index is -0.351. The lowest BCUT2D eigenvalue weighted by Crippen LogP contribution is -2.32. The van der Waals surface area contributed by atoms with Crippen molar-refractivity contribution in [3.63, 3.8) is 0 Å². The number of fused-ring (bicyclic) bond motifs is 2. The summed E-state index contributed by atoms with van der Waals surface area (Å²) in [4.78, 5) is 15.1. The lowest BCUT2D eigenvalue weighted by Gasteiger charge is -2.28. The largest absolute Gasteiger partial charge is 0.497 e. The van der Waals surface area contributed by atoms with E-state index in [9.17, 15) is 4.79 Å². The van der Waals surface area contributed by atoms with Gasteiger partial charge in [0.1, 0.15) is 17.7 Å². The van der Waals surface area contributed by atoms with Crippen molar-refractivity contribution in [3.8, 4) is 23.0 Å². The van der Waals surface area contributed by atoms with Gasteiger partial charge in [0.2, 0.25) is 6.79 Å². The number of carbonyl (C=O) groups excluding carboxylic acids is 1. The molecule has 0 aromatic heterocycles. The molecule has 2 heterocycles. The van der Waals surface area contributed by atoms with Crippen LogP contribution in [-0.2, 0) is 6.54 Å². The van der Waals surface area contributed by atoms with Crippen molar-refractivity contribution in [3.05, 3.63) is 77.4 Å². The third-order valence-corrected chi connectivity index (χ3v) is 5.55. The Labute approximate surface area is 180 Å². The first-order valence-corrected chi connectivity index (χ1v) is 9.95. The number of carbonyl (C=O) groups is 1. The van der Waals surface area contributed by atoms with Gasteiger partial charge in [-0.3, -0.25) is 4.79 Å². The molecule has 0 fully saturated rings. The third-order valence-electron chi connectivity index (χ3n) is 5.55. The van der Waals surface area contributed by atoms with E-state index in [0.29, 0.717) is 29.4 Å². The summed E-state index contributed by atoms with van der Waals surface area (Å²) in [5, 5.41) is 3.49. The van der Waals surface area contributed by atoms with Gasteiger partial charge in [-0.05, 0) is 35.9 Å². The normalized spacial score (nSPS) is 16.3. The number of anilines is 1. The molecule has 1 unspecified atom stereocenters. The zero-order valence-corrected chi connectivity index (χ0v) is 17.3. The van der Waals surface area contributed by atoms with Crippen LogP contribution < -0.4 is 24.3 Å². The predicted molar refractivity (Wildman–Crippen MR) is 115 cm³/mol. The second-order valence-corrected chi connectivity index (χ2v) is 7.32. The summed E-state index contributed by atoms with van der Waals surface area (Å²) in [5.41, 5.74) is 3.34. The van der Waals surface area contributed by atoms with Crippen molar-refractivity contribution >= 4 is 11.6 Å². The van der Waals surface area contributed by atoms with Crippen LogP contribution in [0, 0.1) is 0 Å². The van der Waals surface area contributed by atoms with Crippen LogP contribution in [0.3, 0.4) is 0 Å². The van der Waals surface area contributed by atoms with Gasteiger partial charge >= 0.3 is 0 Å². The van der Waals surface area contributed by atoms with Gasteiger partial charge in [-0.2, -0.15) is 0 Å². The molecular weight excluding hydrogens is 396 g/mol. The van der Waals surface area contributed by atoms with E-state index in [4.69, 9.17) is 18.9 Å². The van der Waals surface area contributed by atoms with E-state index in [-0.39, 0.29) is 18.9 Å². The number of hydrogen-bond acceptors (Lipinski definition) is 6. The highest BCUT2D eigenvalue weighted by atomic mass is 16.7. The third kappa shape index (κ3) is 3.38. The Bertz CT molecular complexity index is 1150. The molecule has 0 saturated heterocycles. The summed E-state index contributed by atoms with van der Waals surface area (Å²) < 4.78 is 21.7. The lowest BCUT2D eigenvalue weighted by atomic mass is 10.1. The molecule has 2 aliphatic heterocycles. The first-order chi connectivity index (χ1) is 15.2. The minimum Gasteiger partial charge on any atom is -0.497 e. The van der Waals surface area contributed by atoms with Crippen molar-refractivity contribution in [1.29, 1.82) is 0 Å². The van der Waals surface area contributed by atoms with Crippen LogP contribution in [0.15, 0.2) is 60.7 Å². The van der Waals surface area contributed by atoms with Crippen molar-refractivity contribution in [2.45, 2.75) is 12.7 Å². The van der Waals surface area contributed by atoms with Gasteiger partial charge in [0.25, 0.3) is 5.91 Å². The monoisotopic (exact) mass is 418 g/mol. The zero-order chi connectivity index (χ0) is 21.4. The van der Waals surface area contributed by atoms with E-state index in [1.165, 1.54) is 0 Å². The minimum absolute atomic E-state index is 0.0294. The molecule has 1 atom stereocenters. The van der Waals surface area contributed by atoms with Crippen molar-refractivity contribution in [1.82, 2.24) is 4.90 Å². The zero-order valence-electron chi connectivity index (χ0n) is 17.3. The standard InChI is InChI=1S/C24H22N2O5/c1-28-16-8-9-19(21(12-16)29-2)25-23-17-5-3-4-6-18(17)24(27)26(23)13-15-7-10-20-22(11-15)31-14-30-20/h3-12,23,25H,13-14H2,1-2H3. The first kappa shape index (κ1) is 19.1. The van der Waals surface area contributed by atoms with Crippen molar-refractivity contribution in [2.24, 2.45) is 0 Å². The molecule has 0 saturated carbocycles. The van der Waals surface area contributed by atoms with E-state index >= 15 is 0 Å². The summed E-state index contributed by atoms with van der Waals surface area (Å²) >= 11 is 0. The fourth-order valence-electron chi connectivity index (χ4n) is 3.99. The SMILES string of the molecule is COc1ccc(NC2c3ccccc3C(=O)N2Cc2ccc3c(c2)OCO3)c(OC)c1. The highest BCUT2D eigenvalue weighted by Crippen LogP contribution is 2.40. The van der Waals surface area contributed by atoms with Crippen molar-refractivity contribution in [2.75, 3.05) is 26.3 Å². The van der Waals surface area contributed by atoms with Gasteiger partial charge in [-0.25, -0.2) is 0 Å². The average Bonchev–Trinajstić information content (AvgIpc) is 3.38. The maximum absolute atomic E-state index is 13.3. The highest BCUT2D eigenvalue weighted by molar-refractivity contribution is 5.99. The van der Waals surface area contributed by atoms with Gasteiger partial charge in [0.15, 0.2) is 11.5 Å². The maximum Gasteiger partial charge on any atom is 0.256 e. The molecule has 3 aromatic carbocycles. The Balaban J connectivity index is 1.49. The molecule has 3 aromatic rings. The smallest absolute Gasteiger partial charge is 0.256 e. The maximum atomic E-state index is 13.3. The molecule has 1 N–H and O–H groups in total. The van der Waals surface area contributed by atoms with E-state index < -0.39 is 0 Å². The number of amides is 1. The van der Waals surface area contributed by atoms with E-state index in [0.717, 1.165) is 22.6 Å². The molecule has 31 heavy (non-hydrogen) atoms. The quantitative estimate of drug-likeness (QED) is 0.647. The van der Waals surface area contributed by atoms with E-state index in [1.807, 2.05) is 65.6 Å². The van der Waals surface area contributed by atoms with Crippen LogP contribution in [0.25, 0.3) is 0 Å². The molecule has 158 valence electrons. The molecule has 0 bridgehead atoms. The van der Waals surface area contributed by atoms with Gasteiger partial charge in [-0.1, -0.05) is 24.3 Å². The predicted octanol–water partition coefficient (Wildman–Crippen LogP) is 4.20. The topological polar surface area (TPSA) is 69.3 Å². The Kier molecular flexibility index (Phi) is 4.78. The molecule has 0 aliphatic carbocycles. The molecular formula is C24H22N2O5. The van der Waals surface area contributed by atoms with E-state index in [1.54, 1.807) is 14.2 Å². The van der Waals surface area contributed by atoms with Crippen LogP contribution in [-0.4, -0.2) is 31.8 Å². The molecule has 2 aliphatic rings. The van der Waals surface area contributed by atoms with Crippen molar-refractivity contribution < 1.29 is 23.7 Å². The Morgan fingerprint density at radius 3 is 2.68 bits per heavy atom. The van der Waals surface area contributed by atoms with Crippen LogP contribution in [0.5, 0.6) is 23.0 Å². The summed E-state index contributed by atoms with van der Waals surface area (Å²) in [6, 6.07) is 19.0. The molecule has 7 nitrogen and oxygen atoms in total. The summed E-state index contributed by atoms with van der Waals surface area (Å²) in [7, 11) is 3.22. The first-order valence-electron chi connectivity index (χ1n) is 9.95. The second kappa shape index (κ2) is 7.75. The molecule has 0 radical (unpaired) electrons. The van der Waals surface area contributed by atoms with Gasteiger partial charge < -0.3 is 29.2 Å². The average molecular weight is 418 g/mol. The van der Waals surface area contributed by atoms with Crippen LogP contribution >= 0.6 is 0 Å². The van der Waals surface area contributed by atoms with Crippen LogP contribution in [0.1, 0.15) is 27.7 Å². The highest BCUT2D eigenvalue weighted by Gasteiger charge is 2.37. The fourth-order valence-corrected chi connectivity index (χ4v) is 3.99.